The lowest BCUT2D eigenvalue weighted by Crippen LogP contribution is -2.27. The number of ether oxygens (including phenoxy) is 1. The summed E-state index contributed by atoms with van der Waals surface area (Å²) in [6.45, 7) is 6.26. The first-order valence-corrected chi connectivity index (χ1v) is 8.62. The molecule has 1 aromatic heterocycles. The fraction of sp³-hybridized carbons (Fsp3) is 0.238. The molecule has 1 atom stereocenters. The van der Waals surface area contributed by atoms with Gasteiger partial charge in [0.2, 0.25) is 0 Å². The van der Waals surface area contributed by atoms with Crippen LogP contribution >= 0.6 is 0 Å². The predicted octanol–water partition coefficient (Wildman–Crippen LogP) is 4.03. The molecule has 0 radical (unpaired) electrons. The Bertz CT molecular complexity index is 887. The number of aromatic nitrogens is 2. The van der Waals surface area contributed by atoms with Crippen molar-refractivity contribution in [3.63, 3.8) is 0 Å². The number of benzene rings is 2. The monoisotopic (exact) mass is 349 g/mol. The molecule has 0 bridgehead atoms. The van der Waals surface area contributed by atoms with Crippen molar-refractivity contribution in [3.05, 3.63) is 83.2 Å². The molecule has 3 aromatic rings. The zero-order valence-electron chi connectivity index (χ0n) is 15.3. The first-order chi connectivity index (χ1) is 12.5. The normalized spacial score (nSPS) is 11.8. The first-order valence-electron chi connectivity index (χ1n) is 8.62. The van der Waals surface area contributed by atoms with E-state index in [1.807, 2.05) is 63.2 Å². The van der Waals surface area contributed by atoms with Crippen molar-refractivity contribution in [1.82, 2.24) is 15.1 Å². The minimum absolute atomic E-state index is 0.0830. The highest BCUT2D eigenvalue weighted by Crippen LogP contribution is 2.19. The number of amides is 1. The summed E-state index contributed by atoms with van der Waals surface area (Å²) in [6, 6.07) is 17.5. The van der Waals surface area contributed by atoms with Crippen molar-refractivity contribution in [3.8, 4) is 5.75 Å². The van der Waals surface area contributed by atoms with Gasteiger partial charge in [0.25, 0.3) is 5.91 Å². The van der Waals surface area contributed by atoms with E-state index in [9.17, 15) is 4.79 Å². The standard InChI is InChI=1S/C21H23N3O2/c1-15-9-10-20(16(2)13-15)26-14-24-12-11-19(23-24)21(25)22-17(3)18-7-5-4-6-8-18/h4-13,17H,14H2,1-3H3,(H,22,25). The Labute approximate surface area is 153 Å². The van der Waals surface area contributed by atoms with Gasteiger partial charge in [0.05, 0.1) is 6.04 Å². The van der Waals surface area contributed by atoms with Gasteiger partial charge in [-0.15, -0.1) is 0 Å². The van der Waals surface area contributed by atoms with Crippen molar-refractivity contribution in [1.29, 1.82) is 0 Å². The van der Waals surface area contributed by atoms with E-state index in [0.717, 1.165) is 16.9 Å². The zero-order valence-corrected chi connectivity index (χ0v) is 15.3. The fourth-order valence-corrected chi connectivity index (χ4v) is 2.75. The van der Waals surface area contributed by atoms with Crippen molar-refractivity contribution in [2.45, 2.75) is 33.5 Å². The van der Waals surface area contributed by atoms with Gasteiger partial charge < -0.3 is 10.1 Å². The Morgan fingerprint density at radius 2 is 1.92 bits per heavy atom. The number of nitrogens with zero attached hydrogens (tertiary/aromatic N) is 2. The van der Waals surface area contributed by atoms with E-state index in [2.05, 4.69) is 16.5 Å². The summed E-state index contributed by atoms with van der Waals surface area (Å²) < 4.78 is 7.40. The highest BCUT2D eigenvalue weighted by Gasteiger charge is 2.14. The van der Waals surface area contributed by atoms with Crippen LogP contribution in [0.4, 0.5) is 0 Å². The number of rotatable bonds is 6. The summed E-state index contributed by atoms with van der Waals surface area (Å²) in [5.41, 5.74) is 3.70. The van der Waals surface area contributed by atoms with Gasteiger partial charge >= 0.3 is 0 Å². The number of aryl methyl sites for hydroxylation is 2. The van der Waals surface area contributed by atoms with Crippen LogP contribution in [0.1, 0.15) is 40.1 Å². The van der Waals surface area contributed by atoms with E-state index in [1.165, 1.54) is 5.56 Å². The van der Waals surface area contributed by atoms with Crippen LogP contribution in [0.25, 0.3) is 0 Å². The van der Waals surface area contributed by atoms with Gasteiger partial charge in [-0.2, -0.15) is 5.10 Å². The van der Waals surface area contributed by atoms with Crippen LogP contribution < -0.4 is 10.1 Å². The van der Waals surface area contributed by atoms with Crippen molar-refractivity contribution >= 4 is 5.91 Å². The van der Waals surface area contributed by atoms with Crippen LogP contribution in [-0.2, 0) is 6.73 Å². The average Bonchev–Trinajstić information content (AvgIpc) is 3.11. The molecule has 134 valence electrons. The number of carbonyl (C=O) groups excluding carboxylic acids is 1. The van der Waals surface area contributed by atoms with Gasteiger partial charge in [-0.05, 0) is 44.0 Å². The molecule has 26 heavy (non-hydrogen) atoms. The van der Waals surface area contributed by atoms with Gasteiger partial charge in [0, 0.05) is 6.20 Å². The number of hydrogen-bond donors (Lipinski definition) is 1. The van der Waals surface area contributed by atoms with Crippen molar-refractivity contribution in [2.75, 3.05) is 0 Å². The Morgan fingerprint density at radius 1 is 1.15 bits per heavy atom. The summed E-state index contributed by atoms with van der Waals surface area (Å²) in [5, 5.41) is 7.26. The minimum atomic E-state index is -0.202. The van der Waals surface area contributed by atoms with Crippen LogP contribution in [0.3, 0.4) is 0 Å². The lowest BCUT2D eigenvalue weighted by molar-refractivity contribution is 0.0932. The molecule has 0 aliphatic rings. The second kappa shape index (κ2) is 7.87. The molecule has 0 saturated heterocycles. The largest absolute Gasteiger partial charge is 0.471 e. The third kappa shape index (κ3) is 4.30. The first kappa shape index (κ1) is 17.7. The van der Waals surface area contributed by atoms with Crippen LogP contribution in [0.15, 0.2) is 60.8 Å². The molecular weight excluding hydrogens is 326 g/mol. The molecule has 0 aliphatic heterocycles. The van der Waals surface area contributed by atoms with Crippen molar-refractivity contribution < 1.29 is 9.53 Å². The van der Waals surface area contributed by atoms with Gasteiger partial charge in [0.15, 0.2) is 6.73 Å². The summed E-state index contributed by atoms with van der Waals surface area (Å²) in [4.78, 5) is 12.4. The van der Waals surface area contributed by atoms with E-state index in [1.54, 1.807) is 16.9 Å². The lowest BCUT2D eigenvalue weighted by atomic mass is 10.1. The van der Waals surface area contributed by atoms with Gasteiger partial charge in [-0.25, -0.2) is 4.68 Å². The van der Waals surface area contributed by atoms with E-state index >= 15 is 0 Å². The smallest absolute Gasteiger partial charge is 0.272 e. The molecule has 5 nitrogen and oxygen atoms in total. The van der Waals surface area contributed by atoms with E-state index in [-0.39, 0.29) is 18.7 Å². The number of hydrogen-bond acceptors (Lipinski definition) is 3. The predicted molar refractivity (Wildman–Crippen MR) is 101 cm³/mol. The molecule has 0 fully saturated rings. The van der Waals surface area contributed by atoms with Crippen LogP contribution in [0.5, 0.6) is 5.75 Å². The molecule has 1 amide bonds. The zero-order chi connectivity index (χ0) is 18.5. The van der Waals surface area contributed by atoms with Gasteiger partial charge in [0.1, 0.15) is 11.4 Å². The minimum Gasteiger partial charge on any atom is -0.471 e. The van der Waals surface area contributed by atoms with Crippen LogP contribution in [-0.4, -0.2) is 15.7 Å². The SMILES string of the molecule is Cc1ccc(OCn2ccc(C(=O)NC(C)c3ccccc3)n2)c(C)c1. The second-order valence-electron chi connectivity index (χ2n) is 6.39. The number of nitrogens with one attached hydrogen (secondary N) is 1. The molecule has 5 heteroatoms. The Hall–Kier alpha value is -3.08. The fourth-order valence-electron chi connectivity index (χ4n) is 2.75. The number of carbonyl (C=O) groups is 1. The summed E-state index contributed by atoms with van der Waals surface area (Å²) in [5.74, 6) is 0.612. The maximum Gasteiger partial charge on any atom is 0.272 e. The molecule has 3 rings (SSSR count). The highest BCUT2D eigenvalue weighted by atomic mass is 16.5. The molecule has 2 aromatic carbocycles. The van der Waals surface area contributed by atoms with Crippen LogP contribution in [0, 0.1) is 13.8 Å². The molecular formula is C21H23N3O2. The third-order valence-electron chi connectivity index (χ3n) is 4.20. The summed E-state index contributed by atoms with van der Waals surface area (Å²) >= 11 is 0. The van der Waals surface area contributed by atoms with E-state index in [4.69, 9.17) is 4.74 Å². The second-order valence-corrected chi connectivity index (χ2v) is 6.39. The van der Waals surface area contributed by atoms with Gasteiger partial charge in [-0.3, -0.25) is 4.79 Å². The molecule has 1 heterocycles. The molecule has 1 unspecified atom stereocenters. The van der Waals surface area contributed by atoms with Crippen molar-refractivity contribution in [2.24, 2.45) is 0 Å². The quantitative estimate of drug-likeness (QED) is 0.731. The van der Waals surface area contributed by atoms with Crippen LogP contribution in [0.2, 0.25) is 0 Å². The topological polar surface area (TPSA) is 56.1 Å². The lowest BCUT2D eigenvalue weighted by Gasteiger charge is -2.13. The van der Waals surface area contributed by atoms with E-state index < -0.39 is 0 Å². The molecule has 0 aliphatic carbocycles. The highest BCUT2D eigenvalue weighted by molar-refractivity contribution is 5.92. The third-order valence-corrected chi connectivity index (χ3v) is 4.20. The van der Waals surface area contributed by atoms with E-state index in [0.29, 0.717) is 5.69 Å². The summed E-state index contributed by atoms with van der Waals surface area (Å²) in [7, 11) is 0. The molecule has 0 spiro atoms. The maximum absolute atomic E-state index is 12.4. The Balaban J connectivity index is 1.59. The molecule has 0 saturated carbocycles. The average molecular weight is 349 g/mol. The molecule has 1 N–H and O–H groups in total. The Kier molecular flexibility index (Phi) is 5.37. The maximum atomic E-state index is 12.4. The van der Waals surface area contributed by atoms with Gasteiger partial charge in [-0.1, -0.05) is 48.0 Å². The Morgan fingerprint density at radius 3 is 2.65 bits per heavy atom. The summed E-state index contributed by atoms with van der Waals surface area (Å²) in [6.07, 6.45) is 1.74.